The fraction of sp³-hybridized carbons (Fsp3) is 0.667. The van der Waals surface area contributed by atoms with Crippen molar-refractivity contribution in [2.45, 2.75) is 18.9 Å². The van der Waals surface area contributed by atoms with Gasteiger partial charge in [0.05, 0.1) is 14.2 Å². The molecule has 0 heterocycles. The smallest absolute Gasteiger partial charge is 0.407 e. The molecule has 15 heavy (non-hydrogen) atoms. The van der Waals surface area contributed by atoms with Crippen LogP contribution in [0.25, 0.3) is 0 Å². The molecular weight excluding hydrogens is 202 g/mol. The number of Topliss-reactive ketones (excluding diaryl/α,β-unsaturated/α-hetero) is 1. The Kier molecular flexibility index (Phi) is 3.65. The maximum Gasteiger partial charge on any atom is 0.407 e. The summed E-state index contributed by atoms with van der Waals surface area (Å²) in [6.45, 7) is 0. The van der Waals surface area contributed by atoms with Crippen LogP contribution in [-0.2, 0) is 19.1 Å². The fourth-order valence-corrected chi connectivity index (χ4v) is 1.44. The SMILES string of the molecule is COC(=O)NC(C(=O)OC)C1CC(=O)C1. The zero-order valence-electron chi connectivity index (χ0n) is 8.61. The van der Waals surface area contributed by atoms with Crippen LogP contribution >= 0.6 is 0 Å². The van der Waals surface area contributed by atoms with E-state index in [2.05, 4.69) is 14.8 Å². The normalized spacial score (nSPS) is 17.6. The summed E-state index contributed by atoms with van der Waals surface area (Å²) in [6.07, 6.45) is -0.113. The predicted octanol–water partition coefficient (Wildman–Crippen LogP) is -0.137. The lowest BCUT2D eigenvalue weighted by Gasteiger charge is -2.30. The number of alkyl carbamates (subject to hydrolysis) is 1. The van der Waals surface area contributed by atoms with Gasteiger partial charge in [0.1, 0.15) is 11.8 Å². The van der Waals surface area contributed by atoms with Gasteiger partial charge in [-0.25, -0.2) is 9.59 Å². The van der Waals surface area contributed by atoms with E-state index in [0.717, 1.165) is 0 Å². The van der Waals surface area contributed by atoms with Crippen LogP contribution in [0.15, 0.2) is 0 Å². The molecule has 0 radical (unpaired) electrons. The molecule has 0 aromatic rings. The maximum absolute atomic E-state index is 11.3. The van der Waals surface area contributed by atoms with Gasteiger partial charge in [0.15, 0.2) is 0 Å². The van der Waals surface area contributed by atoms with Crippen molar-refractivity contribution < 1.29 is 23.9 Å². The number of ether oxygens (including phenoxy) is 2. The summed E-state index contributed by atoms with van der Waals surface area (Å²) >= 11 is 0. The second kappa shape index (κ2) is 4.77. The highest BCUT2D eigenvalue weighted by Gasteiger charge is 2.39. The van der Waals surface area contributed by atoms with Crippen LogP contribution in [0.1, 0.15) is 12.8 Å². The summed E-state index contributed by atoms with van der Waals surface area (Å²) < 4.78 is 8.91. The Bertz CT molecular complexity index is 280. The maximum atomic E-state index is 11.3. The summed E-state index contributed by atoms with van der Waals surface area (Å²) in [5.41, 5.74) is 0. The molecule has 84 valence electrons. The van der Waals surface area contributed by atoms with E-state index in [1.165, 1.54) is 14.2 Å². The van der Waals surface area contributed by atoms with Crippen LogP contribution < -0.4 is 5.32 Å². The molecule has 1 N–H and O–H groups in total. The number of hydrogen-bond donors (Lipinski definition) is 1. The molecule has 1 atom stereocenters. The Balaban J connectivity index is 2.57. The van der Waals surface area contributed by atoms with E-state index in [-0.39, 0.29) is 11.7 Å². The number of nitrogens with one attached hydrogen (secondary N) is 1. The van der Waals surface area contributed by atoms with Crippen molar-refractivity contribution in [1.29, 1.82) is 0 Å². The van der Waals surface area contributed by atoms with E-state index in [9.17, 15) is 14.4 Å². The number of hydrogen-bond acceptors (Lipinski definition) is 5. The second-order valence-corrected chi connectivity index (χ2v) is 3.34. The zero-order valence-corrected chi connectivity index (χ0v) is 8.61. The van der Waals surface area contributed by atoms with E-state index < -0.39 is 18.1 Å². The number of carbonyl (C=O) groups excluding carboxylic acids is 3. The molecule has 0 bridgehead atoms. The molecule has 1 aliphatic carbocycles. The molecule has 1 amide bonds. The Morgan fingerprint density at radius 2 is 1.93 bits per heavy atom. The molecule has 1 fully saturated rings. The average Bonchev–Trinajstić information content (AvgIpc) is 2.20. The van der Waals surface area contributed by atoms with Crippen molar-refractivity contribution in [2.24, 2.45) is 5.92 Å². The third-order valence-electron chi connectivity index (χ3n) is 2.36. The lowest BCUT2D eigenvalue weighted by Crippen LogP contribution is -2.50. The summed E-state index contributed by atoms with van der Waals surface area (Å²) in [5.74, 6) is -0.650. The molecule has 0 spiro atoms. The molecule has 6 heteroatoms. The van der Waals surface area contributed by atoms with E-state index >= 15 is 0 Å². The lowest BCUT2D eigenvalue weighted by atomic mass is 9.78. The van der Waals surface area contributed by atoms with Crippen molar-refractivity contribution in [1.82, 2.24) is 5.32 Å². The van der Waals surface area contributed by atoms with Crippen LogP contribution in [0, 0.1) is 5.92 Å². The highest BCUT2D eigenvalue weighted by Crippen LogP contribution is 2.26. The number of rotatable bonds is 3. The van der Waals surface area contributed by atoms with Crippen LogP contribution in [0.4, 0.5) is 4.79 Å². The van der Waals surface area contributed by atoms with Gasteiger partial charge < -0.3 is 14.8 Å². The van der Waals surface area contributed by atoms with Crippen LogP contribution in [0.2, 0.25) is 0 Å². The van der Waals surface area contributed by atoms with E-state index in [0.29, 0.717) is 12.8 Å². The van der Waals surface area contributed by atoms with Crippen LogP contribution in [0.3, 0.4) is 0 Å². The van der Waals surface area contributed by atoms with Crippen LogP contribution in [-0.4, -0.2) is 38.1 Å². The third-order valence-corrected chi connectivity index (χ3v) is 2.36. The average molecular weight is 215 g/mol. The first-order chi connectivity index (χ1) is 7.08. The van der Waals surface area contributed by atoms with Crippen LogP contribution in [0.5, 0.6) is 0 Å². The molecule has 1 unspecified atom stereocenters. The molecule has 6 nitrogen and oxygen atoms in total. The van der Waals surface area contributed by atoms with Gasteiger partial charge in [0, 0.05) is 18.8 Å². The molecule has 1 rings (SSSR count). The van der Waals surface area contributed by atoms with Crippen molar-refractivity contribution in [2.75, 3.05) is 14.2 Å². The molecule has 0 saturated heterocycles. The molecule has 0 aromatic carbocycles. The first-order valence-corrected chi connectivity index (χ1v) is 4.52. The van der Waals surface area contributed by atoms with Gasteiger partial charge >= 0.3 is 12.1 Å². The van der Waals surface area contributed by atoms with Gasteiger partial charge in [-0.05, 0) is 0 Å². The molecule has 1 saturated carbocycles. The van der Waals surface area contributed by atoms with Gasteiger partial charge in [0.2, 0.25) is 0 Å². The van der Waals surface area contributed by atoms with Gasteiger partial charge in [-0.15, -0.1) is 0 Å². The number of methoxy groups -OCH3 is 2. The Morgan fingerprint density at radius 3 is 2.33 bits per heavy atom. The quantitative estimate of drug-likeness (QED) is 0.663. The van der Waals surface area contributed by atoms with Gasteiger partial charge in [-0.1, -0.05) is 0 Å². The van der Waals surface area contributed by atoms with Crippen molar-refractivity contribution in [3.05, 3.63) is 0 Å². The number of amides is 1. The Hall–Kier alpha value is -1.59. The van der Waals surface area contributed by atoms with Crippen molar-refractivity contribution >= 4 is 17.8 Å². The van der Waals surface area contributed by atoms with Crippen molar-refractivity contribution in [3.8, 4) is 0 Å². The van der Waals surface area contributed by atoms with Gasteiger partial charge in [-0.2, -0.15) is 0 Å². The zero-order chi connectivity index (χ0) is 11.4. The number of esters is 1. The Labute approximate surface area is 86.9 Å². The number of carbonyl (C=O) groups is 3. The second-order valence-electron chi connectivity index (χ2n) is 3.34. The van der Waals surface area contributed by atoms with E-state index in [4.69, 9.17) is 0 Å². The monoisotopic (exact) mass is 215 g/mol. The largest absolute Gasteiger partial charge is 0.467 e. The first kappa shape index (κ1) is 11.5. The number of ketones is 1. The highest BCUT2D eigenvalue weighted by molar-refractivity contribution is 5.89. The molecule has 0 aliphatic heterocycles. The minimum atomic E-state index is -0.792. The summed E-state index contributed by atoms with van der Waals surface area (Å²) in [4.78, 5) is 33.0. The topological polar surface area (TPSA) is 81.7 Å². The molecule has 1 aliphatic rings. The van der Waals surface area contributed by atoms with E-state index in [1.807, 2.05) is 0 Å². The predicted molar refractivity (Wildman–Crippen MR) is 49.1 cm³/mol. The summed E-state index contributed by atoms with van der Waals surface area (Å²) in [6, 6.07) is -0.792. The summed E-state index contributed by atoms with van der Waals surface area (Å²) in [7, 11) is 2.43. The molecular formula is C9H13NO5. The standard InChI is InChI=1S/C9H13NO5/c1-14-8(12)7(10-9(13)15-2)5-3-6(11)4-5/h5,7H,3-4H2,1-2H3,(H,10,13). The lowest BCUT2D eigenvalue weighted by molar-refractivity contribution is -0.146. The van der Waals surface area contributed by atoms with E-state index in [1.54, 1.807) is 0 Å². The molecule has 0 aromatic heterocycles. The van der Waals surface area contributed by atoms with Crippen molar-refractivity contribution in [3.63, 3.8) is 0 Å². The first-order valence-electron chi connectivity index (χ1n) is 4.52. The summed E-state index contributed by atoms with van der Waals surface area (Å²) in [5, 5.41) is 2.35. The van der Waals surface area contributed by atoms with Gasteiger partial charge in [0.25, 0.3) is 0 Å². The fourth-order valence-electron chi connectivity index (χ4n) is 1.44. The highest BCUT2D eigenvalue weighted by atomic mass is 16.5. The van der Waals surface area contributed by atoms with Gasteiger partial charge in [-0.3, -0.25) is 4.79 Å². The minimum absolute atomic E-state index is 0.0839. The Morgan fingerprint density at radius 1 is 1.33 bits per heavy atom. The minimum Gasteiger partial charge on any atom is -0.467 e. The third kappa shape index (κ3) is 2.68.